The first-order chi connectivity index (χ1) is 12.5. The summed E-state index contributed by atoms with van der Waals surface area (Å²) in [5, 5.41) is -1.13. The Morgan fingerprint density at radius 2 is 1.04 bits per heavy atom. The summed E-state index contributed by atoms with van der Waals surface area (Å²) in [6, 6.07) is 8.07. The van der Waals surface area contributed by atoms with Gasteiger partial charge in [-0.25, -0.2) is 0 Å². The van der Waals surface area contributed by atoms with Crippen LogP contribution >= 0.6 is 9.24 Å². The molecule has 27 heavy (non-hydrogen) atoms. The van der Waals surface area contributed by atoms with Crippen LogP contribution in [0, 0.1) is 41.5 Å². The maximum atomic E-state index is 13.7. The minimum Gasteiger partial charge on any atom is -0.293 e. The molecule has 0 bridgehead atoms. The van der Waals surface area contributed by atoms with E-state index in [2.05, 4.69) is 9.24 Å². The molecule has 1 unspecified atom stereocenters. The third kappa shape index (κ3) is 4.06. The summed E-state index contributed by atoms with van der Waals surface area (Å²) < 4.78 is 0. The van der Waals surface area contributed by atoms with Crippen LogP contribution in [-0.2, 0) is 0 Å². The van der Waals surface area contributed by atoms with E-state index in [4.69, 9.17) is 0 Å². The van der Waals surface area contributed by atoms with Crippen molar-refractivity contribution in [2.45, 2.75) is 66.5 Å². The zero-order valence-electron chi connectivity index (χ0n) is 17.6. The van der Waals surface area contributed by atoms with Crippen LogP contribution < -0.4 is 0 Å². The molecule has 144 valence electrons. The van der Waals surface area contributed by atoms with Crippen molar-refractivity contribution in [2.75, 3.05) is 0 Å². The summed E-state index contributed by atoms with van der Waals surface area (Å²) in [6.07, 6.45) is 1.27. The summed E-state index contributed by atoms with van der Waals surface area (Å²) in [5.41, 5.74) is 7.36. The van der Waals surface area contributed by atoms with E-state index in [1.54, 1.807) is 0 Å². The monoisotopic (exact) mass is 382 g/mol. The highest BCUT2D eigenvalue weighted by atomic mass is 31.0. The van der Waals surface area contributed by atoms with E-state index in [0.29, 0.717) is 17.5 Å². The van der Waals surface area contributed by atoms with Crippen molar-refractivity contribution in [2.24, 2.45) is 0 Å². The van der Waals surface area contributed by atoms with Gasteiger partial charge in [-0.3, -0.25) is 9.59 Å². The van der Waals surface area contributed by atoms with Gasteiger partial charge < -0.3 is 0 Å². The van der Waals surface area contributed by atoms with Crippen molar-refractivity contribution in [3.8, 4) is 0 Å². The van der Waals surface area contributed by atoms with Crippen LogP contribution in [0.15, 0.2) is 24.3 Å². The minimum atomic E-state index is -1.13. The predicted octanol–water partition coefficient (Wildman–Crippen LogP) is 6.02. The van der Waals surface area contributed by atoms with Crippen molar-refractivity contribution in [1.29, 1.82) is 0 Å². The average molecular weight is 382 g/mol. The first kappa shape index (κ1) is 21.5. The lowest BCUT2D eigenvalue weighted by Crippen LogP contribution is -2.42. The second-order valence-corrected chi connectivity index (χ2v) is 8.91. The molecular formula is C24H31O2P. The highest BCUT2D eigenvalue weighted by Gasteiger charge is 2.43. The van der Waals surface area contributed by atoms with Crippen LogP contribution in [0.25, 0.3) is 0 Å². The molecule has 0 N–H and O–H groups in total. The molecule has 2 aromatic rings. The Kier molecular flexibility index (Phi) is 6.43. The number of carbonyl (C=O) groups excluding carboxylic acids is 2. The van der Waals surface area contributed by atoms with Gasteiger partial charge in [0.15, 0.2) is 11.6 Å². The van der Waals surface area contributed by atoms with E-state index in [1.807, 2.05) is 72.7 Å². The Bertz CT molecular complexity index is 793. The largest absolute Gasteiger partial charge is 0.293 e. The smallest absolute Gasteiger partial charge is 0.181 e. The number of benzene rings is 2. The first-order valence-electron chi connectivity index (χ1n) is 9.57. The molecule has 0 aliphatic rings. The van der Waals surface area contributed by atoms with Crippen molar-refractivity contribution in [1.82, 2.24) is 0 Å². The van der Waals surface area contributed by atoms with E-state index >= 15 is 0 Å². The Morgan fingerprint density at radius 1 is 0.741 bits per heavy atom. The summed E-state index contributed by atoms with van der Waals surface area (Å²) in [6.45, 7) is 13.9. The minimum absolute atomic E-state index is 0.0891. The fraction of sp³-hybridized carbons (Fsp3) is 0.417. The van der Waals surface area contributed by atoms with Gasteiger partial charge in [0.2, 0.25) is 0 Å². The summed E-state index contributed by atoms with van der Waals surface area (Å²) >= 11 is 0. The third-order valence-corrected chi connectivity index (χ3v) is 6.08. The van der Waals surface area contributed by atoms with E-state index in [-0.39, 0.29) is 11.6 Å². The summed E-state index contributed by atoms with van der Waals surface area (Å²) in [4.78, 5) is 27.3. The predicted molar refractivity (Wildman–Crippen MR) is 117 cm³/mol. The van der Waals surface area contributed by atoms with Crippen LogP contribution in [-0.4, -0.2) is 16.7 Å². The first-order valence-corrected chi connectivity index (χ1v) is 10.1. The number of hydrogen-bond donors (Lipinski definition) is 0. The quantitative estimate of drug-likeness (QED) is 0.348. The van der Waals surface area contributed by atoms with Gasteiger partial charge in [-0.05, 0) is 70.2 Å². The number of rotatable bonds is 6. The Hall–Kier alpha value is -1.79. The molecule has 2 rings (SSSR count). The maximum absolute atomic E-state index is 13.7. The molecule has 0 amide bonds. The van der Waals surface area contributed by atoms with E-state index < -0.39 is 5.16 Å². The van der Waals surface area contributed by atoms with Gasteiger partial charge in [0, 0.05) is 11.1 Å². The number of carbonyl (C=O) groups is 2. The van der Waals surface area contributed by atoms with Gasteiger partial charge in [-0.2, -0.15) is 0 Å². The molecule has 0 radical (unpaired) electrons. The van der Waals surface area contributed by atoms with Gasteiger partial charge >= 0.3 is 0 Å². The number of aryl methyl sites for hydroxylation is 6. The fourth-order valence-electron chi connectivity index (χ4n) is 4.25. The summed E-state index contributed by atoms with van der Waals surface area (Å²) in [5.74, 6) is -0.178. The second kappa shape index (κ2) is 8.07. The molecule has 3 heteroatoms. The van der Waals surface area contributed by atoms with Crippen molar-refractivity contribution in [3.63, 3.8) is 0 Å². The number of ketones is 2. The highest BCUT2D eigenvalue weighted by Crippen LogP contribution is 2.37. The van der Waals surface area contributed by atoms with Crippen LogP contribution in [0.5, 0.6) is 0 Å². The van der Waals surface area contributed by atoms with E-state index in [1.165, 1.54) is 0 Å². The lowest BCUT2D eigenvalue weighted by molar-refractivity contribution is 0.0828. The fourth-order valence-corrected chi connectivity index (χ4v) is 4.82. The summed E-state index contributed by atoms with van der Waals surface area (Å²) in [7, 11) is 2.63. The average Bonchev–Trinajstić information content (AvgIpc) is 2.52. The molecule has 0 saturated heterocycles. The molecule has 0 aromatic heterocycles. The Morgan fingerprint density at radius 3 is 1.30 bits per heavy atom. The van der Waals surface area contributed by atoms with E-state index in [9.17, 15) is 9.59 Å². The molecule has 0 aliphatic carbocycles. The van der Waals surface area contributed by atoms with Crippen molar-refractivity contribution in [3.05, 3.63) is 68.8 Å². The van der Waals surface area contributed by atoms with E-state index in [0.717, 1.165) is 39.8 Å². The van der Waals surface area contributed by atoms with Gasteiger partial charge in [-0.1, -0.05) is 48.7 Å². The van der Waals surface area contributed by atoms with Crippen molar-refractivity contribution >= 4 is 20.8 Å². The SMILES string of the molecule is CCCC(P)(C(=O)c1c(C)cc(C)cc1C)C(=O)c1c(C)cc(C)cc1C. The second-order valence-electron chi connectivity index (χ2n) is 7.93. The standard InChI is InChI=1S/C24H31O2P/c1-8-9-24(27,22(25)20-16(4)10-14(2)11-17(20)5)23(26)21-18(6)12-15(3)13-19(21)7/h10-13H,8-9,27H2,1-7H3. The Labute approximate surface area is 166 Å². The Balaban J connectivity index is 2.65. The van der Waals surface area contributed by atoms with Crippen molar-refractivity contribution < 1.29 is 9.59 Å². The van der Waals surface area contributed by atoms with Crippen LogP contribution in [0.3, 0.4) is 0 Å². The molecule has 0 heterocycles. The van der Waals surface area contributed by atoms with Crippen LogP contribution in [0.2, 0.25) is 0 Å². The van der Waals surface area contributed by atoms with Gasteiger partial charge in [0.25, 0.3) is 0 Å². The molecular weight excluding hydrogens is 351 g/mol. The third-order valence-electron chi connectivity index (χ3n) is 5.26. The molecule has 1 atom stereocenters. The maximum Gasteiger partial charge on any atom is 0.181 e. The number of Topliss-reactive ketones (excluding diaryl/α,β-unsaturated/α-hetero) is 2. The van der Waals surface area contributed by atoms with Gasteiger partial charge in [-0.15, -0.1) is 9.24 Å². The molecule has 2 nitrogen and oxygen atoms in total. The highest BCUT2D eigenvalue weighted by molar-refractivity contribution is 7.23. The van der Waals surface area contributed by atoms with Crippen LogP contribution in [0.1, 0.15) is 73.9 Å². The van der Waals surface area contributed by atoms with Gasteiger partial charge in [0.05, 0.1) is 0 Å². The molecule has 2 aromatic carbocycles. The van der Waals surface area contributed by atoms with Crippen LogP contribution in [0.4, 0.5) is 0 Å². The molecule has 0 aliphatic heterocycles. The topological polar surface area (TPSA) is 34.1 Å². The zero-order chi connectivity index (χ0) is 20.5. The zero-order valence-corrected chi connectivity index (χ0v) is 18.8. The lowest BCUT2D eigenvalue weighted by atomic mass is 9.80. The molecule has 0 fully saturated rings. The number of hydrogen-bond acceptors (Lipinski definition) is 2. The van der Waals surface area contributed by atoms with Gasteiger partial charge in [0.1, 0.15) is 5.16 Å². The molecule has 0 spiro atoms. The molecule has 0 saturated carbocycles. The lowest BCUT2D eigenvalue weighted by Gasteiger charge is -2.29. The normalized spacial score (nSPS) is 11.6.